The highest BCUT2D eigenvalue weighted by Crippen LogP contribution is 2.28. The van der Waals surface area contributed by atoms with E-state index in [1.54, 1.807) is 6.07 Å². The van der Waals surface area contributed by atoms with Crippen molar-refractivity contribution in [1.29, 1.82) is 5.26 Å². The van der Waals surface area contributed by atoms with Crippen molar-refractivity contribution in [2.24, 2.45) is 0 Å². The zero-order valence-electron chi connectivity index (χ0n) is 7.57. The number of benzene rings is 1. The number of nitriles is 1. The van der Waals surface area contributed by atoms with Crippen LogP contribution in [0.3, 0.4) is 0 Å². The SMILES string of the molecule is Cc1ccc2sc(C#N)cc2c1C=O. The molecule has 0 fully saturated rings. The van der Waals surface area contributed by atoms with Crippen LogP contribution in [0.15, 0.2) is 18.2 Å². The molecule has 0 saturated carbocycles. The summed E-state index contributed by atoms with van der Waals surface area (Å²) in [6.07, 6.45) is 0.853. The molecule has 14 heavy (non-hydrogen) atoms. The van der Waals surface area contributed by atoms with Gasteiger partial charge in [0.15, 0.2) is 6.29 Å². The molecule has 2 rings (SSSR count). The Hall–Kier alpha value is -1.66. The minimum atomic E-state index is 0.647. The predicted molar refractivity (Wildman–Crippen MR) is 56.7 cm³/mol. The molecule has 0 aliphatic rings. The largest absolute Gasteiger partial charge is 0.298 e. The second-order valence-corrected chi connectivity index (χ2v) is 4.13. The number of carbonyl (C=O) groups is 1. The van der Waals surface area contributed by atoms with E-state index in [-0.39, 0.29) is 0 Å². The molecule has 1 aromatic heterocycles. The van der Waals surface area contributed by atoms with Gasteiger partial charge in [0.1, 0.15) is 10.9 Å². The highest BCUT2D eigenvalue weighted by Gasteiger charge is 2.07. The number of hydrogen-bond donors (Lipinski definition) is 0. The van der Waals surface area contributed by atoms with Crippen LogP contribution in [0.2, 0.25) is 0 Å². The summed E-state index contributed by atoms with van der Waals surface area (Å²) in [5.41, 5.74) is 1.65. The van der Waals surface area contributed by atoms with Crippen LogP contribution < -0.4 is 0 Å². The Morgan fingerprint density at radius 3 is 2.93 bits per heavy atom. The van der Waals surface area contributed by atoms with Gasteiger partial charge >= 0.3 is 0 Å². The number of carbonyl (C=O) groups excluding carboxylic acids is 1. The van der Waals surface area contributed by atoms with Crippen LogP contribution in [0.4, 0.5) is 0 Å². The topological polar surface area (TPSA) is 40.9 Å². The summed E-state index contributed by atoms with van der Waals surface area (Å²) in [4.78, 5) is 11.5. The van der Waals surface area contributed by atoms with Gasteiger partial charge < -0.3 is 0 Å². The molecular weight excluding hydrogens is 194 g/mol. The van der Waals surface area contributed by atoms with Crippen molar-refractivity contribution in [2.75, 3.05) is 0 Å². The van der Waals surface area contributed by atoms with Crippen LogP contribution in [0.1, 0.15) is 20.8 Å². The summed E-state index contributed by atoms with van der Waals surface area (Å²) in [5, 5.41) is 9.63. The fourth-order valence-corrected chi connectivity index (χ4v) is 2.33. The minimum absolute atomic E-state index is 0.647. The van der Waals surface area contributed by atoms with Crippen LogP contribution in [-0.4, -0.2) is 6.29 Å². The number of nitrogens with zero attached hydrogens (tertiary/aromatic N) is 1. The lowest BCUT2D eigenvalue weighted by atomic mass is 10.1. The van der Waals surface area contributed by atoms with Gasteiger partial charge in [-0.15, -0.1) is 11.3 Å². The van der Waals surface area contributed by atoms with Gasteiger partial charge in [-0.05, 0) is 24.6 Å². The maximum atomic E-state index is 10.9. The maximum Gasteiger partial charge on any atom is 0.150 e. The Balaban J connectivity index is 2.87. The molecule has 0 aliphatic carbocycles. The van der Waals surface area contributed by atoms with E-state index < -0.39 is 0 Å². The number of thiophene rings is 1. The quantitative estimate of drug-likeness (QED) is 0.665. The Morgan fingerprint density at radius 2 is 2.29 bits per heavy atom. The van der Waals surface area contributed by atoms with E-state index in [1.807, 2.05) is 19.1 Å². The Morgan fingerprint density at radius 1 is 1.50 bits per heavy atom. The lowest BCUT2D eigenvalue weighted by Gasteiger charge is -1.98. The molecule has 1 heterocycles. The molecule has 0 amide bonds. The van der Waals surface area contributed by atoms with Crippen LogP contribution in [0, 0.1) is 18.3 Å². The second kappa shape index (κ2) is 3.24. The third-order valence-electron chi connectivity index (χ3n) is 2.19. The van der Waals surface area contributed by atoms with Crippen molar-refractivity contribution in [1.82, 2.24) is 0 Å². The lowest BCUT2D eigenvalue weighted by Crippen LogP contribution is -1.85. The van der Waals surface area contributed by atoms with Gasteiger partial charge in [-0.3, -0.25) is 4.79 Å². The average Bonchev–Trinajstić information content (AvgIpc) is 2.60. The van der Waals surface area contributed by atoms with Gasteiger partial charge in [0.2, 0.25) is 0 Å². The summed E-state index contributed by atoms with van der Waals surface area (Å²) >= 11 is 1.42. The van der Waals surface area contributed by atoms with Crippen molar-refractivity contribution < 1.29 is 4.79 Å². The highest BCUT2D eigenvalue weighted by molar-refractivity contribution is 7.19. The fourth-order valence-electron chi connectivity index (χ4n) is 1.45. The van der Waals surface area contributed by atoms with Gasteiger partial charge in [0.05, 0.1) is 0 Å². The van der Waals surface area contributed by atoms with Crippen LogP contribution in [0.25, 0.3) is 10.1 Å². The van der Waals surface area contributed by atoms with E-state index in [1.165, 1.54) is 11.3 Å². The second-order valence-electron chi connectivity index (χ2n) is 3.05. The van der Waals surface area contributed by atoms with Crippen LogP contribution in [-0.2, 0) is 0 Å². The molecule has 2 nitrogen and oxygen atoms in total. The first kappa shape index (κ1) is 8.92. The molecule has 0 saturated heterocycles. The van der Waals surface area contributed by atoms with Crippen LogP contribution >= 0.6 is 11.3 Å². The molecule has 0 radical (unpaired) electrons. The summed E-state index contributed by atoms with van der Waals surface area (Å²) in [5.74, 6) is 0. The number of rotatable bonds is 1. The van der Waals surface area contributed by atoms with E-state index in [9.17, 15) is 4.79 Å². The van der Waals surface area contributed by atoms with E-state index in [0.29, 0.717) is 10.4 Å². The molecule has 0 N–H and O–H groups in total. The summed E-state index contributed by atoms with van der Waals surface area (Å²) < 4.78 is 0.995. The molecule has 68 valence electrons. The molecule has 0 unspecified atom stereocenters. The Kier molecular flexibility index (Phi) is 2.06. The van der Waals surface area contributed by atoms with Gasteiger partial charge in [-0.2, -0.15) is 5.26 Å². The third-order valence-corrected chi connectivity index (χ3v) is 3.19. The minimum Gasteiger partial charge on any atom is -0.298 e. The number of hydrogen-bond acceptors (Lipinski definition) is 3. The molecule has 0 spiro atoms. The smallest absolute Gasteiger partial charge is 0.150 e. The normalized spacial score (nSPS) is 10.0. The van der Waals surface area contributed by atoms with Crippen molar-refractivity contribution in [3.63, 3.8) is 0 Å². The lowest BCUT2D eigenvalue weighted by molar-refractivity contribution is 0.112. The molecule has 0 bridgehead atoms. The average molecular weight is 201 g/mol. The van der Waals surface area contributed by atoms with Crippen molar-refractivity contribution in [3.8, 4) is 6.07 Å². The first-order valence-corrected chi connectivity index (χ1v) is 4.96. The Labute approximate surface area is 85.4 Å². The van der Waals surface area contributed by atoms with Crippen molar-refractivity contribution in [3.05, 3.63) is 34.2 Å². The number of aryl methyl sites for hydroxylation is 1. The van der Waals surface area contributed by atoms with E-state index >= 15 is 0 Å². The van der Waals surface area contributed by atoms with Gasteiger partial charge in [0.25, 0.3) is 0 Å². The zero-order valence-corrected chi connectivity index (χ0v) is 8.39. The zero-order chi connectivity index (χ0) is 10.1. The summed E-state index contributed by atoms with van der Waals surface area (Å²) in [7, 11) is 0. The predicted octanol–water partition coefficient (Wildman–Crippen LogP) is 2.89. The van der Waals surface area contributed by atoms with Gasteiger partial charge in [-0.25, -0.2) is 0 Å². The maximum absolute atomic E-state index is 10.9. The van der Waals surface area contributed by atoms with Gasteiger partial charge in [0, 0.05) is 15.6 Å². The number of fused-ring (bicyclic) bond motifs is 1. The summed E-state index contributed by atoms with van der Waals surface area (Å²) in [6, 6.07) is 7.72. The fraction of sp³-hybridized carbons (Fsp3) is 0.0909. The molecule has 1 aromatic carbocycles. The first-order valence-electron chi connectivity index (χ1n) is 4.14. The van der Waals surface area contributed by atoms with Crippen molar-refractivity contribution >= 4 is 27.7 Å². The molecular formula is C11H7NOS. The highest BCUT2D eigenvalue weighted by atomic mass is 32.1. The monoisotopic (exact) mass is 201 g/mol. The van der Waals surface area contributed by atoms with Gasteiger partial charge in [-0.1, -0.05) is 6.07 Å². The molecule has 2 aromatic rings. The molecule has 3 heteroatoms. The van der Waals surface area contributed by atoms with Crippen LogP contribution in [0.5, 0.6) is 0 Å². The number of aldehydes is 1. The first-order chi connectivity index (χ1) is 6.76. The van der Waals surface area contributed by atoms with E-state index in [0.717, 1.165) is 21.9 Å². The van der Waals surface area contributed by atoms with E-state index in [2.05, 4.69) is 6.07 Å². The third kappa shape index (κ3) is 1.21. The molecule has 0 aliphatic heterocycles. The van der Waals surface area contributed by atoms with E-state index in [4.69, 9.17) is 5.26 Å². The van der Waals surface area contributed by atoms with Crippen molar-refractivity contribution in [2.45, 2.75) is 6.92 Å². The summed E-state index contributed by atoms with van der Waals surface area (Å²) in [6.45, 7) is 1.90. The Bertz CT molecular complexity index is 548. The molecule has 0 atom stereocenters. The standard InChI is InChI=1S/C11H7NOS/c1-7-2-3-11-9(10(7)6-13)4-8(5-12)14-11/h2-4,6H,1H3.